The minimum Gasteiger partial charge on any atom is -0.349 e. The number of hydrogen-bond donors (Lipinski definition) is 1. The van der Waals surface area contributed by atoms with E-state index in [0.29, 0.717) is 18.2 Å². The number of likely N-dealkylation sites (N-methyl/N-ethyl adjacent to an activating group) is 1. The van der Waals surface area contributed by atoms with Gasteiger partial charge >= 0.3 is 0 Å². The van der Waals surface area contributed by atoms with Crippen LogP contribution in [-0.4, -0.2) is 71.3 Å². The molecule has 1 N–H and O–H groups in total. The van der Waals surface area contributed by atoms with Gasteiger partial charge in [-0.05, 0) is 46.2 Å². The second kappa shape index (κ2) is 7.46. The predicted octanol–water partition coefficient (Wildman–Crippen LogP) is 1.88. The molecule has 0 atom stereocenters. The molecule has 25 heavy (non-hydrogen) atoms. The van der Waals surface area contributed by atoms with Crippen LogP contribution in [0.3, 0.4) is 0 Å². The predicted molar refractivity (Wildman–Crippen MR) is 100 cm³/mol. The van der Waals surface area contributed by atoms with E-state index in [4.69, 9.17) is 5.10 Å². The van der Waals surface area contributed by atoms with Gasteiger partial charge in [0.05, 0.1) is 11.2 Å². The van der Waals surface area contributed by atoms with E-state index in [0.717, 1.165) is 45.0 Å². The molecule has 0 radical (unpaired) electrons. The Bertz CT molecular complexity index is 591. The van der Waals surface area contributed by atoms with Crippen molar-refractivity contribution in [3.63, 3.8) is 0 Å². The van der Waals surface area contributed by atoms with Gasteiger partial charge in [-0.3, -0.25) is 14.4 Å². The Morgan fingerprint density at radius 2 is 1.84 bits per heavy atom. The summed E-state index contributed by atoms with van der Waals surface area (Å²) < 4.78 is 1.90. The van der Waals surface area contributed by atoms with Gasteiger partial charge in [0.1, 0.15) is 5.69 Å². The van der Waals surface area contributed by atoms with E-state index in [1.165, 1.54) is 12.8 Å². The number of aromatic nitrogens is 2. The molecule has 6 heteroatoms. The number of carbonyl (C=O) groups excluding carboxylic acids is 1. The van der Waals surface area contributed by atoms with Crippen molar-refractivity contribution >= 4 is 5.91 Å². The first kappa shape index (κ1) is 18.4. The minimum absolute atomic E-state index is 0.00141. The van der Waals surface area contributed by atoms with Gasteiger partial charge in [0.2, 0.25) is 0 Å². The number of carbonyl (C=O) groups is 1. The fraction of sp³-hybridized carbons (Fsp3) is 0.789. The van der Waals surface area contributed by atoms with E-state index in [1.807, 2.05) is 10.7 Å². The van der Waals surface area contributed by atoms with Crippen LogP contribution in [0.15, 0.2) is 6.07 Å². The molecule has 0 unspecified atom stereocenters. The molecule has 140 valence electrons. The van der Waals surface area contributed by atoms with E-state index >= 15 is 0 Å². The summed E-state index contributed by atoms with van der Waals surface area (Å²) in [5.41, 5.74) is 1.59. The summed E-state index contributed by atoms with van der Waals surface area (Å²) in [5.74, 6) is 0.562. The van der Waals surface area contributed by atoms with Gasteiger partial charge in [-0.2, -0.15) is 5.10 Å². The number of piperazine rings is 1. The highest BCUT2D eigenvalue weighted by Gasteiger charge is 2.31. The molecule has 3 rings (SSSR count). The van der Waals surface area contributed by atoms with Gasteiger partial charge in [-0.1, -0.05) is 6.92 Å². The number of hydrogen-bond acceptors (Lipinski definition) is 4. The molecule has 0 aromatic carbocycles. The van der Waals surface area contributed by atoms with Crippen molar-refractivity contribution < 1.29 is 4.79 Å². The van der Waals surface area contributed by atoms with Crippen LogP contribution in [0.1, 0.15) is 62.6 Å². The van der Waals surface area contributed by atoms with E-state index in [9.17, 15) is 4.79 Å². The van der Waals surface area contributed by atoms with Crippen LogP contribution in [0.25, 0.3) is 0 Å². The molecule has 1 aromatic heterocycles. The van der Waals surface area contributed by atoms with Crippen molar-refractivity contribution in [2.24, 2.45) is 0 Å². The lowest BCUT2D eigenvalue weighted by Crippen LogP contribution is -2.48. The summed E-state index contributed by atoms with van der Waals surface area (Å²) in [4.78, 5) is 17.6. The number of amides is 1. The quantitative estimate of drug-likeness (QED) is 0.854. The van der Waals surface area contributed by atoms with Gasteiger partial charge in [0.15, 0.2) is 0 Å². The lowest BCUT2D eigenvalue weighted by atomic mass is 10.1. The Balaban J connectivity index is 1.54. The zero-order chi connectivity index (χ0) is 18.0. The third kappa shape index (κ3) is 4.61. The SMILES string of the molecule is CCN1CCN(CCNC(=O)c2cc(C3CC3)nn2C(C)(C)C)CC1. The zero-order valence-electron chi connectivity index (χ0n) is 16.2. The molecule has 2 fully saturated rings. The molecule has 6 nitrogen and oxygen atoms in total. The highest BCUT2D eigenvalue weighted by molar-refractivity contribution is 5.92. The maximum Gasteiger partial charge on any atom is 0.269 e. The summed E-state index contributed by atoms with van der Waals surface area (Å²) in [6, 6.07) is 2.00. The van der Waals surface area contributed by atoms with Crippen LogP contribution in [0.4, 0.5) is 0 Å². The van der Waals surface area contributed by atoms with Crippen molar-refractivity contribution in [3.8, 4) is 0 Å². The van der Waals surface area contributed by atoms with Gasteiger partial charge in [-0.15, -0.1) is 0 Å². The van der Waals surface area contributed by atoms with E-state index < -0.39 is 0 Å². The molecule has 2 aliphatic rings. The average Bonchev–Trinajstić information content (AvgIpc) is 3.32. The van der Waals surface area contributed by atoms with Crippen LogP contribution < -0.4 is 5.32 Å². The molecule has 1 aliphatic heterocycles. The Labute approximate surface area is 151 Å². The monoisotopic (exact) mass is 347 g/mol. The molecular weight excluding hydrogens is 314 g/mol. The summed E-state index contributed by atoms with van der Waals surface area (Å²) in [7, 11) is 0. The third-order valence-electron chi connectivity index (χ3n) is 5.22. The summed E-state index contributed by atoms with van der Waals surface area (Å²) in [6.45, 7) is 15.7. The first-order chi connectivity index (χ1) is 11.9. The molecule has 1 amide bonds. The largest absolute Gasteiger partial charge is 0.349 e. The topological polar surface area (TPSA) is 53.4 Å². The third-order valence-corrected chi connectivity index (χ3v) is 5.22. The standard InChI is InChI=1S/C19H33N5O/c1-5-22-10-12-23(13-11-22)9-8-20-18(25)17-14-16(15-6-7-15)21-24(17)19(2,3)4/h14-15H,5-13H2,1-4H3,(H,20,25). The first-order valence-corrected chi connectivity index (χ1v) is 9.72. The van der Waals surface area contributed by atoms with Gasteiger partial charge < -0.3 is 10.2 Å². The number of nitrogens with zero attached hydrogens (tertiary/aromatic N) is 4. The smallest absolute Gasteiger partial charge is 0.269 e. The minimum atomic E-state index is -0.184. The van der Waals surface area contributed by atoms with Crippen LogP contribution in [0.2, 0.25) is 0 Å². The Hall–Kier alpha value is -1.40. The van der Waals surface area contributed by atoms with Gasteiger partial charge in [-0.25, -0.2) is 0 Å². The van der Waals surface area contributed by atoms with E-state index in [2.05, 4.69) is 42.8 Å². The Kier molecular flexibility index (Phi) is 5.49. The first-order valence-electron chi connectivity index (χ1n) is 9.72. The summed E-state index contributed by atoms with van der Waals surface area (Å²) in [5, 5.41) is 7.82. The highest BCUT2D eigenvalue weighted by Crippen LogP contribution is 2.40. The highest BCUT2D eigenvalue weighted by atomic mass is 16.2. The summed E-state index contributed by atoms with van der Waals surface area (Å²) >= 11 is 0. The maximum atomic E-state index is 12.7. The van der Waals surface area contributed by atoms with Crippen molar-refractivity contribution in [2.75, 3.05) is 45.8 Å². The van der Waals surface area contributed by atoms with E-state index in [1.54, 1.807) is 0 Å². The maximum absolute atomic E-state index is 12.7. The van der Waals surface area contributed by atoms with Crippen LogP contribution in [-0.2, 0) is 5.54 Å². The van der Waals surface area contributed by atoms with Crippen molar-refractivity contribution in [2.45, 2.75) is 52.0 Å². The molecule has 0 bridgehead atoms. The number of nitrogens with one attached hydrogen (secondary N) is 1. The normalized spacial score (nSPS) is 20.0. The molecule has 1 saturated heterocycles. The van der Waals surface area contributed by atoms with Crippen molar-refractivity contribution in [1.29, 1.82) is 0 Å². The second-order valence-electron chi connectivity index (χ2n) is 8.34. The average molecular weight is 348 g/mol. The Morgan fingerprint density at radius 3 is 2.40 bits per heavy atom. The molecule has 2 heterocycles. The summed E-state index contributed by atoms with van der Waals surface area (Å²) in [6.07, 6.45) is 2.40. The molecule has 1 saturated carbocycles. The van der Waals surface area contributed by atoms with Crippen LogP contribution in [0.5, 0.6) is 0 Å². The Morgan fingerprint density at radius 1 is 1.20 bits per heavy atom. The van der Waals surface area contributed by atoms with Crippen molar-refractivity contribution in [1.82, 2.24) is 24.9 Å². The fourth-order valence-corrected chi connectivity index (χ4v) is 3.40. The fourth-order valence-electron chi connectivity index (χ4n) is 3.40. The second-order valence-corrected chi connectivity index (χ2v) is 8.34. The lowest BCUT2D eigenvalue weighted by Gasteiger charge is -2.33. The molecule has 0 spiro atoms. The molecular formula is C19H33N5O. The van der Waals surface area contributed by atoms with Crippen LogP contribution >= 0.6 is 0 Å². The van der Waals surface area contributed by atoms with Crippen LogP contribution in [0, 0.1) is 0 Å². The van der Waals surface area contributed by atoms with Gasteiger partial charge in [0.25, 0.3) is 5.91 Å². The molecule has 1 aromatic rings. The zero-order valence-corrected chi connectivity index (χ0v) is 16.2. The van der Waals surface area contributed by atoms with E-state index in [-0.39, 0.29) is 11.4 Å². The van der Waals surface area contributed by atoms with Gasteiger partial charge in [0, 0.05) is 45.2 Å². The lowest BCUT2D eigenvalue weighted by molar-refractivity contribution is 0.0920. The number of rotatable bonds is 6. The molecule has 1 aliphatic carbocycles. The van der Waals surface area contributed by atoms with Crippen molar-refractivity contribution in [3.05, 3.63) is 17.5 Å².